The van der Waals surface area contributed by atoms with Gasteiger partial charge < -0.3 is 4.74 Å². The van der Waals surface area contributed by atoms with E-state index < -0.39 is 0 Å². The van der Waals surface area contributed by atoms with Gasteiger partial charge in [0.15, 0.2) is 0 Å². The van der Waals surface area contributed by atoms with E-state index in [1.165, 1.54) is 0 Å². The van der Waals surface area contributed by atoms with Gasteiger partial charge in [0.25, 0.3) is 0 Å². The molecule has 0 spiro atoms. The third-order valence-corrected chi connectivity index (χ3v) is 2.33. The highest BCUT2D eigenvalue weighted by Crippen LogP contribution is 2.21. The van der Waals surface area contributed by atoms with Crippen LogP contribution >= 0.6 is 0 Å². The summed E-state index contributed by atoms with van der Waals surface area (Å²) >= 11 is 0. The molecule has 0 aliphatic rings. The van der Waals surface area contributed by atoms with Gasteiger partial charge in [0.1, 0.15) is 13.6 Å². The first kappa shape index (κ1) is 9.84. The van der Waals surface area contributed by atoms with Crippen LogP contribution in [0, 0.1) is 0 Å². The molecular formula is C13H11BO. The van der Waals surface area contributed by atoms with Crippen molar-refractivity contribution < 1.29 is 4.74 Å². The number of benzene rings is 2. The maximum atomic E-state index is 5.63. The maximum absolute atomic E-state index is 5.63. The monoisotopic (exact) mass is 194 g/mol. The van der Waals surface area contributed by atoms with Gasteiger partial charge in [-0.1, -0.05) is 41.9 Å². The Morgan fingerprint density at radius 3 is 1.73 bits per heavy atom. The van der Waals surface area contributed by atoms with Crippen molar-refractivity contribution in [2.24, 2.45) is 0 Å². The van der Waals surface area contributed by atoms with E-state index in [2.05, 4.69) is 0 Å². The second-order valence-corrected chi connectivity index (χ2v) is 3.35. The van der Waals surface area contributed by atoms with Crippen molar-refractivity contribution in [2.75, 3.05) is 7.11 Å². The molecule has 0 saturated carbocycles. The van der Waals surface area contributed by atoms with E-state index in [4.69, 9.17) is 12.6 Å². The van der Waals surface area contributed by atoms with E-state index in [1.54, 1.807) is 7.11 Å². The fraction of sp³-hybridized carbons (Fsp3) is 0.0769. The third kappa shape index (κ3) is 2.21. The quantitative estimate of drug-likeness (QED) is 0.665. The van der Waals surface area contributed by atoms with Crippen LogP contribution in [0.15, 0.2) is 48.5 Å². The van der Waals surface area contributed by atoms with Crippen molar-refractivity contribution in [3.63, 3.8) is 0 Å². The molecule has 2 aromatic rings. The topological polar surface area (TPSA) is 9.23 Å². The van der Waals surface area contributed by atoms with Crippen molar-refractivity contribution in [2.45, 2.75) is 0 Å². The summed E-state index contributed by atoms with van der Waals surface area (Å²) in [5, 5.41) is 0. The molecule has 0 aliphatic carbocycles. The van der Waals surface area contributed by atoms with Crippen molar-refractivity contribution in [1.29, 1.82) is 0 Å². The number of methoxy groups -OCH3 is 1. The predicted octanol–water partition coefficient (Wildman–Crippen LogP) is 2.16. The Morgan fingerprint density at radius 1 is 0.800 bits per heavy atom. The molecule has 0 saturated heterocycles. The Kier molecular flexibility index (Phi) is 2.77. The number of hydrogen-bond donors (Lipinski definition) is 0. The summed E-state index contributed by atoms with van der Waals surface area (Å²) in [5.41, 5.74) is 3.11. The normalized spacial score (nSPS) is 9.93. The Hall–Kier alpha value is -1.70. The summed E-state index contributed by atoms with van der Waals surface area (Å²) in [6.07, 6.45) is 0. The molecule has 2 heteroatoms. The average molecular weight is 194 g/mol. The van der Waals surface area contributed by atoms with Crippen molar-refractivity contribution >= 4 is 13.3 Å². The highest BCUT2D eigenvalue weighted by atomic mass is 16.5. The fourth-order valence-corrected chi connectivity index (χ4v) is 1.46. The van der Waals surface area contributed by atoms with Gasteiger partial charge in [0.2, 0.25) is 0 Å². The van der Waals surface area contributed by atoms with Gasteiger partial charge in [-0.25, -0.2) is 0 Å². The average Bonchev–Trinajstić information content (AvgIpc) is 2.30. The molecule has 0 N–H and O–H groups in total. The van der Waals surface area contributed by atoms with Gasteiger partial charge >= 0.3 is 0 Å². The first-order valence-electron chi connectivity index (χ1n) is 4.79. The molecule has 0 heterocycles. The minimum atomic E-state index is 0.785. The SMILES string of the molecule is [B]c1ccc(-c2ccc(OC)cc2)cc1. The van der Waals surface area contributed by atoms with Crippen LogP contribution in [0.25, 0.3) is 11.1 Å². The van der Waals surface area contributed by atoms with Gasteiger partial charge in [-0.05, 0) is 23.3 Å². The van der Waals surface area contributed by atoms with Gasteiger partial charge in [0, 0.05) is 0 Å². The van der Waals surface area contributed by atoms with Crippen LogP contribution in [0.4, 0.5) is 0 Å². The zero-order valence-electron chi connectivity index (χ0n) is 8.60. The van der Waals surface area contributed by atoms with Gasteiger partial charge in [-0.15, -0.1) is 0 Å². The molecule has 1 nitrogen and oxygen atoms in total. The smallest absolute Gasteiger partial charge is 0.118 e. The van der Waals surface area contributed by atoms with E-state index >= 15 is 0 Å². The lowest BCUT2D eigenvalue weighted by molar-refractivity contribution is 0.415. The Bertz CT molecular complexity index is 431. The zero-order valence-corrected chi connectivity index (χ0v) is 8.60. The van der Waals surface area contributed by atoms with E-state index in [9.17, 15) is 0 Å². The number of rotatable bonds is 2. The van der Waals surface area contributed by atoms with Gasteiger partial charge in [0.05, 0.1) is 7.11 Å². The minimum Gasteiger partial charge on any atom is -0.497 e. The molecule has 2 radical (unpaired) electrons. The fourth-order valence-electron chi connectivity index (χ4n) is 1.46. The van der Waals surface area contributed by atoms with Crippen LogP contribution in [0.5, 0.6) is 5.75 Å². The molecular weight excluding hydrogens is 183 g/mol. The highest BCUT2D eigenvalue weighted by molar-refractivity contribution is 6.32. The van der Waals surface area contributed by atoms with Crippen LogP contribution < -0.4 is 10.2 Å². The van der Waals surface area contributed by atoms with Gasteiger partial charge in [-0.3, -0.25) is 0 Å². The summed E-state index contributed by atoms with van der Waals surface area (Å²) < 4.78 is 5.10. The molecule has 0 aliphatic heterocycles. The van der Waals surface area contributed by atoms with Crippen LogP contribution in [-0.2, 0) is 0 Å². The Morgan fingerprint density at radius 2 is 1.27 bits per heavy atom. The van der Waals surface area contributed by atoms with Crippen molar-refractivity contribution in [3.8, 4) is 16.9 Å². The summed E-state index contributed by atoms with van der Waals surface area (Å²) in [6.45, 7) is 0. The van der Waals surface area contributed by atoms with E-state index in [1.807, 2.05) is 48.5 Å². The van der Waals surface area contributed by atoms with Crippen LogP contribution in [0.2, 0.25) is 0 Å². The standard InChI is InChI=1S/C13H11BO/c1-15-13-8-4-11(5-9-13)10-2-6-12(14)7-3-10/h2-9H,1H3. The summed E-state index contributed by atoms with van der Waals surface area (Å²) in [7, 11) is 7.30. The molecule has 2 aromatic carbocycles. The first-order valence-corrected chi connectivity index (χ1v) is 4.79. The number of hydrogen-bond acceptors (Lipinski definition) is 1. The summed E-state index contributed by atoms with van der Waals surface area (Å²) in [4.78, 5) is 0. The molecule has 0 amide bonds. The maximum Gasteiger partial charge on any atom is 0.118 e. The molecule has 0 aromatic heterocycles. The highest BCUT2D eigenvalue weighted by Gasteiger charge is 1.97. The lowest BCUT2D eigenvalue weighted by atomic mass is 9.94. The largest absolute Gasteiger partial charge is 0.497 e. The Balaban J connectivity index is 2.33. The zero-order chi connectivity index (χ0) is 10.7. The molecule has 72 valence electrons. The summed E-state index contributed by atoms with van der Waals surface area (Å²) in [6, 6.07) is 15.8. The molecule has 2 rings (SSSR count). The molecule has 0 bridgehead atoms. The minimum absolute atomic E-state index is 0.785. The third-order valence-electron chi connectivity index (χ3n) is 2.33. The first-order chi connectivity index (χ1) is 7.29. The molecule has 0 unspecified atom stereocenters. The van der Waals surface area contributed by atoms with Crippen LogP contribution in [0.1, 0.15) is 0 Å². The van der Waals surface area contributed by atoms with Crippen LogP contribution in [-0.4, -0.2) is 15.0 Å². The molecule has 0 fully saturated rings. The lowest BCUT2D eigenvalue weighted by Crippen LogP contribution is -1.99. The van der Waals surface area contributed by atoms with Crippen molar-refractivity contribution in [3.05, 3.63) is 48.5 Å². The van der Waals surface area contributed by atoms with E-state index in [0.29, 0.717) is 0 Å². The van der Waals surface area contributed by atoms with Crippen molar-refractivity contribution in [1.82, 2.24) is 0 Å². The Labute approximate surface area is 91.1 Å². The van der Waals surface area contributed by atoms with E-state index in [-0.39, 0.29) is 0 Å². The van der Waals surface area contributed by atoms with Crippen LogP contribution in [0.3, 0.4) is 0 Å². The summed E-state index contributed by atoms with van der Waals surface area (Å²) in [5.74, 6) is 0.870. The predicted molar refractivity (Wildman–Crippen MR) is 63.8 cm³/mol. The van der Waals surface area contributed by atoms with Gasteiger partial charge in [-0.2, -0.15) is 0 Å². The second kappa shape index (κ2) is 4.22. The molecule has 0 atom stereocenters. The second-order valence-electron chi connectivity index (χ2n) is 3.35. The lowest BCUT2D eigenvalue weighted by Gasteiger charge is -2.04. The molecule has 15 heavy (non-hydrogen) atoms. The number of ether oxygens (including phenoxy) is 1. The van der Waals surface area contributed by atoms with E-state index in [0.717, 1.165) is 22.3 Å².